The average Bonchev–Trinajstić information content (AvgIpc) is 3.18. The van der Waals surface area contributed by atoms with E-state index in [-0.39, 0.29) is 43.7 Å². The molecule has 1 aliphatic rings. The maximum absolute atomic E-state index is 13.5. The van der Waals surface area contributed by atoms with E-state index in [0.29, 0.717) is 10.0 Å². The molecule has 0 bridgehead atoms. The van der Waals surface area contributed by atoms with E-state index in [1.807, 2.05) is 34.6 Å². The number of benzene rings is 1. The molecule has 2 amide bonds. The van der Waals surface area contributed by atoms with E-state index in [0.717, 1.165) is 27.8 Å². The fourth-order valence-corrected chi connectivity index (χ4v) is 6.57. The lowest BCUT2D eigenvalue weighted by atomic mass is 9.95. The number of hydrogen-bond acceptors (Lipinski definition) is 6. The maximum atomic E-state index is 13.5. The standard InChI is InChI=1S/C21H28N4O4S2/c1-12-13(2)15(4)19(16(5)14(12)3)31(28,29)25-9-7-24(8-10-25)20(27)18-11-30-21(23-18)22-17(6)26/h11H,7-10H2,1-6H3,(H,22,23,26). The zero-order chi connectivity index (χ0) is 23.1. The molecule has 0 saturated carbocycles. The Kier molecular flexibility index (Phi) is 6.54. The van der Waals surface area contributed by atoms with Gasteiger partial charge >= 0.3 is 0 Å². The second kappa shape index (κ2) is 8.68. The fraction of sp³-hybridized carbons (Fsp3) is 0.476. The SMILES string of the molecule is CC(=O)Nc1nc(C(=O)N2CCN(S(=O)(=O)c3c(C)c(C)c(C)c(C)c3C)CC2)cs1. The molecule has 31 heavy (non-hydrogen) atoms. The van der Waals surface area contributed by atoms with E-state index in [1.54, 1.807) is 10.3 Å². The summed E-state index contributed by atoms with van der Waals surface area (Å²) in [5.74, 6) is -0.515. The molecule has 0 unspecified atom stereocenters. The number of thiazole rings is 1. The van der Waals surface area contributed by atoms with Crippen LogP contribution in [-0.4, -0.2) is 60.6 Å². The lowest BCUT2D eigenvalue weighted by Gasteiger charge is -2.34. The minimum absolute atomic E-state index is 0.224. The summed E-state index contributed by atoms with van der Waals surface area (Å²) in [5.41, 5.74) is 4.93. The number of carbonyl (C=O) groups excluding carboxylic acids is 2. The molecule has 0 aliphatic carbocycles. The van der Waals surface area contributed by atoms with Crippen LogP contribution in [0.2, 0.25) is 0 Å². The maximum Gasteiger partial charge on any atom is 0.273 e. The number of sulfonamides is 1. The van der Waals surface area contributed by atoms with E-state index in [1.165, 1.54) is 22.6 Å². The van der Waals surface area contributed by atoms with Crippen LogP contribution in [0.3, 0.4) is 0 Å². The van der Waals surface area contributed by atoms with Crippen LogP contribution < -0.4 is 5.32 Å². The van der Waals surface area contributed by atoms with Crippen molar-refractivity contribution in [1.29, 1.82) is 0 Å². The topological polar surface area (TPSA) is 99.7 Å². The number of rotatable bonds is 4. The zero-order valence-electron chi connectivity index (χ0n) is 18.7. The molecule has 0 radical (unpaired) electrons. The quantitative estimate of drug-likeness (QED) is 0.750. The predicted octanol–water partition coefficient (Wildman–Crippen LogP) is 2.79. The van der Waals surface area contributed by atoms with Gasteiger partial charge in [-0.2, -0.15) is 4.31 Å². The Hall–Kier alpha value is -2.30. The molecule has 3 rings (SSSR count). The second-order valence-corrected chi connectivity index (χ2v) is 10.6. The molecule has 2 heterocycles. The summed E-state index contributed by atoms with van der Waals surface area (Å²) in [6, 6.07) is 0. The Morgan fingerprint density at radius 2 is 1.45 bits per heavy atom. The van der Waals surface area contributed by atoms with Gasteiger partial charge in [0.2, 0.25) is 15.9 Å². The van der Waals surface area contributed by atoms with E-state index in [2.05, 4.69) is 10.3 Å². The average molecular weight is 465 g/mol. The number of aromatic nitrogens is 1. The van der Waals surface area contributed by atoms with Crippen molar-refractivity contribution in [2.24, 2.45) is 0 Å². The Bertz CT molecular complexity index is 1120. The van der Waals surface area contributed by atoms with Gasteiger partial charge in [-0.25, -0.2) is 13.4 Å². The molecule has 8 nitrogen and oxygen atoms in total. The van der Waals surface area contributed by atoms with E-state index < -0.39 is 10.0 Å². The van der Waals surface area contributed by atoms with Gasteiger partial charge < -0.3 is 10.2 Å². The largest absolute Gasteiger partial charge is 0.335 e. The molecule has 168 valence electrons. The summed E-state index contributed by atoms with van der Waals surface area (Å²) in [6.07, 6.45) is 0. The molecule has 10 heteroatoms. The molecule has 1 aliphatic heterocycles. The highest BCUT2D eigenvalue weighted by molar-refractivity contribution is 7.89. The van der Waals surface area contributed by atoms with Crippen LogP contribution in [0.15, 0.2) is 10.3 Å². The van der Waals surface area contributed by atoms with Gasteiger partial charge in [-0.3, -0.25) is 9.59 Å². The molecule has 2 aromatic rings. The zero-order valence-corrected chi connectivity index (χ0v) is 20.3. The fourth-order valence-electron chi connectivity index (χ4n) is 3.86. The number of anilines is 1. The highest BCUT2D eigenvalue weighted by atomic mass is 32.2. The first kappa shape index (κ1) is 23.4. The molecule has 1 fully saturated rings. The number of amides is 2. The van der Waals surface area contributed by atoms with Crippen molar-refractivity contribution in [2.45, 2.75) is 46.4 Å². The normalized spacial score (nSPS) is 15.2. The molecule has 1 aromatic heterocycles. The molecule has 0 atom stereocenters. The Morgan fingerprint density at radius 1 is 0.935 bits per heavy atom. The van der Waals surface area contributed by atoms with Crippen molar-refractivity contribution < 1.29 is 18.0 Å². The first-order valence-corrected chi connectivity index (χ1v) is 12.4. The highest BCUT2D eigenvalue weighted by Gasteiger charge is 2.34. The van der Waals surface area contributed by atoms with Gasteiger partial charge in [0.25, 0.3) is 5.91 Å². The van der Waals surface area contributed by atoms with Crippen molar-refractivity contribution in [1.82, 2.24) is 14.2 Å². The molecule has 1 saturated heterocycles. The lowest BCUT2D eigenvalue weighted by Crippen LogP contribution is -2.50. The summed E-state index contributed by atoms with van der Waals surface area (Å²) < 4.78 is 28.4. The Balaban J connectivity index is 1.77. The Labute approximate surface area is 187 Å². The van der Waals surface area contributed by atoms with Gasteiger partial charge in [0.15, 0.2) is 5.13 Å². The monoisotopic (exact) mass is 464 g/mol. The minimum Gasteiger partial charge on any atom is -0.335 e. The van der Waals surface area contributed by atoms with Crippen molar-refractivity contribution in [2.75, 3.05) is 31.5 Å². The summed E-state index contributed by atoms with van der Waals surface area (Å²) >= 11 is 1.18. The summed E-state index contributed by atoms with van der Waals surface area (Å²) in [6.45, 7) is 12.0. The van der Waals surface area contributed by atoms with Crippen LogP contribution in [0.1, 0.15) is 45.2 Å². The predicted molar refractivity (Wildman–Crippen MR) is 121 cm³/mol. The number of carbonyl (C=O) groups is 2. The van der Waals surface area contributed by atoms with Crippen molar-refractivity contribution >= 4 is 38.3 Å². The van der Waals surface area contributed by atoms with E-state index in [9.17, 15) is 18.0 Å². The van der Waals surface area contributed by atoms with Gasteiger partial charge in [0.1, 0.15) is 5.69 Å². The van der Waals surface area contributed by atoms with E-state index >= 15 is 0 Å². The second-order valence-electron chi connectivity index (χ2n) is 7.87. The molecular formula is C21H28N4O4S2. The van der Waals surface area contributed by atoms with Crippen LogP contribution in [0.5, 0.6) is 0 Å². The molecule has 0 spiro atoms. The van der Waals surface area contributed by atoms with Gasteiger partial charge in [0, 0.05) is 38.5 Å². The van der Waals surface area contributed by atoms with Gasteiger partial charge in [-0.05, 0) is 62.4 Å². The van der Waals surface area contributed by atoms with E-state index in [4.69, 9.17) is 0 Å². The van der Waals surface area contributed by atoms with Crippen LogP contribution in [0.25, 0.3) is 0 Å². The third-order valence-corrected chi connectivity index (χ3v) is 8.99. The number of nitrogens with one attached hydrogen (secondary N) is 1. The summed E-state index contributed by atoms with van der Waals surface area (Å²) in [4.78, 5) is 30.0. The molecule has 1 N–H and O–H groups in total. The highest BCUT2D eigenvalue weighted by Crippen LogP contribution is 2.32. The summed E-state index contributed by atoms with van der Waals surface area (Å²) in [7, 11) is -3.67. The number of nitrogens with zero attached hydrogens (tertiary/aromatic N) is 3. The first-order chi connectivity index (χ1) is 14.4. The van der Waals surface area contributed by atoms with Crippen molar-refractivity contribution in [3.8, 4) is 0 Å². The van der Waals surface area contributed by atoms with Crippen molar-refractivity contribution in [3.63, 3.8) is 0 Å². The van der Waals surface area contributed by atoms with Gasteiger partial charge in [-0.1, -0.05) is 0 Å². The number of hydrogen-bond donors (Lipinski definition) is 1. The van der Waals surface area contributed by atoms with Gasteiger partial charge in [-0.15, -0.1) is 11.3 Å². The number of piperazine rings is 1. The third kappa shape index (κ3) is 4.37. The third-order valence-electron chi connectivity index (χ3n) is 6.06. The molecule has 1 aromatic carbocycles. The van der Waals surface area contributed by atoms with Crippen LogP contribution in [0, 0.1) is 34.6 Å². The van der Waals surface area contributed by atoms with Crippen LogP contribution >= 0.6 is 11.3 Å². The summed E-state index contributed by atoms with van der Waals surface area (Å²) in [5, 5.41) is 4.53. The lowest BCUT2D eigenvalue weighted by molar-refractivity contribution is -0.114. The van der Waals surface area contributed by atoms with Gasteiger partial charge in [0.05, 0.1) is 4.90 Å². The van der Waals surface area contributed by atoms with Crippen LogP contribution in [0.4, 0.5) is 5.13 Å². The Morgan fingerprint density at radius 3 is 1.97 bits per heavy atom. The smallest absolute Gasteiger partial charge is 0.273 e. The minimum atomic E-state index is -3.67. The molecular weight excluding hydrogens is 436 g/mol. The van der Waals surface area contributed by atoms with Crippen molar-refractivity contribution in [3.05, 3.63) is 38.9 Å². The first-order valence-electron chi connectivity index (χ1n) is 10.0. The van der Waals surface area contributed by atoms with Crippen LogP contribution in [-0.2, 0) is 14.8 Å².